The molecule has 0 aromatic heterocycles. The molecule has 1 fully saturated rings. The van der Waals surface area contributed by atoms with Crippen LogP contribution in [0, 0.1) is 5.92 Å². The summed E-state index contributed by atoms with van der Waals surface area (Å²) in [5.74, 6) is 1.02. The molecule has 1 rings (SSSR count). The molecular weight excluding hydrogens is 104 g/mol. The van der Waals surface area contributed by atoms with Crippen LogP contribution < -0.4 is 0 Å². The molecule has 1 saturated carbocycles. The number of rotatable bonds is 1. The normalized spacial score (nSPS) is 40.3. The molecule has 0 radical (unpaired) electrons. The summed E-state index contributed by atoms with van der Waals surface area (Å²) in [7, 11) is 0. The largest absolute Gasteiger partial charge is 0.176 e. The molecule has 1 aliphatic carbocycles. The van der Waals surface area contributed by atoms with E-state index in [9.17, 15) is 0 Å². The molecule has 0 nitrogen and oxygen atoms in total. The minimum Gasteiger partial charge on any atom is -0.176 e. The topological polar surface area (TPSA) is 0 Å². The van der Waals surface area contributed by atoms with Gasteiger partial charge in [-0.25, -0.2) is 0 Å². The van der Waals surface area contributed by atoms with E-state index in [2.05, 4.69) is 19.6 Å². The zero-order valence-electron chi connectivity index (χ0n) is 4.72. The molecule has 0 aliphatic heterocycles. The highest BCUT2D eigenvalue weighted by Gasteiger charge is 2.23. The van der Waals surface area contributed by atoms with Crippen LogP contribution in [0.25, 0.3) is 0 Å². The Morgan fingerprint density at radius 3 is 2.29 bits per heavy atom. The van der Waals surface area contributed by atoms with Crippen molar-refractivity contribution >= 4 is 12.6 Å². The molecule has 0 atom stereocenters. The Labute approximate surface area is 50.7 Å². The van der Waals surface area contributed by atoms with E-state index in [-0.39, 0.29) is 0 Å². The van der Waals surface area contributed by atoms with Crippen LogP contribution in [-0.4, -0.2) is 5.25 Å². The number of hydrogen-bond donors (Lipinski definition) is 1. The minimum atomic E-state index is 0.741. The van der Waals surface area contributed by atoms with E-state index in [1.165, 1.54) is 19.3 Å². The van der Waals surface area contributed by atoms with E-state index >= 15 is 0 Å². The molecule has 0 amide bonds. The zero-order chi connectivity index (χ0) is 5.28. The fourth-order valence-electron chi connectivity index (χ4n) is 1.03. The van der Waals surface area contributed by atoms with E-state index < -0.39 is 0 Å². The Bertz CT molecular complexity index is 55.2. The Hall–Kier alpha value is 0.350. The molecule has 0 aromatic rings. The van der Waals surface area contributed by atoms with Crippen molar-refractivity contribution in [1.29, 1.82) is 0 Å². The Morgan fingerprint density at radius 1 is 1.57 bits per heavy atom. The van der Waals surface area contributed by atoms with Crippen molar-refractivity contribution in [1.82, 2.24) is 0 Å². The minimum absolute atomic E-state index is 0.741. The fraction of sp³-hybridized carbons (Fsp3) is 1.00. The van der Waals surface area contributed by atoms with Crippen molar-refractivity contribution in [2.24, 2.45) is 5.92 Å². The quantitative estimate of drug-likeness (QED) is 0.498. The lowest BCUT2D eigenvalue weighted by Crippen LogP contribution is -2.22. The lowest BCUT2D eigenvalue weighted by Gasteiger charge is -2.30. The zero-order valence-corrected chi connectivity index (χ0v) is 5.62. The van der Waals surface area contributed by atoms with Gasteiger partial charge in [0.15, 0.2) is 0 Å². The van der Waals surface area contributed by atoms with Crippen LogP contribution in [0.3, 0.4) is 0 Å². The lowest BCUT2D eigenvalue weighted by molar-refractivity contribution is 0.321. The van der Waals surface area contributed by atoms with E-state index in [0.29, 0.717) is 0 Å². The van der Waals surface area contributed by atoms with Crippen LogP contribution in [0.5, 0.6) is 0 Å². The first-order chi connectivity index (χ1) is 3.33. The smallest absolute Gasteiger partial charge is 0.00220 e. The van der Waals surface area contributed by atoms with Gasteiger partial charge < -0.3 is 0 Å². The molecule has 0 bridgehead atoms. The van der Waals surface area contributed by atoms with Crippen LogP contribution in [0.15, 0.2) is 0 Å². The second kappa shape index (κ2) is 2.08. The first-order valence-electron chi connectivity index (χ1n) is 3.01. The molecule has 0 saturated heterocycles. The van der Waals surface area contributed by atoms with Crippen LogP contribution in [0.2, 0.25) is 0 Å². The standard InChI is InChI=1S/C6H12S/c1-2-5-3-6(7)4-5/h5-7H,2-4H2,1H3/t5-,6-. The van der Waals surface area contributed by atoms with E-state index in [1.54, 1.807) is 0 Å². The van der Waals surface area contributed by atoms with Crippen molar-refractivity contribution in [2.45, 2.75) is 31.4 Å². The Balaban J connectivity index is 2.06. The second-order valence-corrected chi connectivity index (χ2v) is 3.13. The average molecular weight is 116 g/mol. The Kier molecular flexibility index (Phi) is 1.63. The molecule has 0 N–H and O–H groups in total. The van der Waals surface area contributed by atoms with Gasteiger partial charge in [-0.1, -0.05) is 13.3 Å². The summed E-state index contributed by atoms with van der Waals surface area (Å²) in [6.45, 7) is 2.25. The molecule has 0 aromatic carbocycles. The molecule has 0 heterocycles. The van der Waals surface area contributed by atoms with Gasteiger partial charge in [-0.15, -0.1) is 0 Å². The SMILES string of the molecule is CC[C@H]1C[C@H](S)C1. The third-order valence-corrected chi connectivity index (χ3v) is 2.21. The van der Waals surface area contributed by atoms with Gasteiger partial charge >= 0.3 is 0 Å². The summed E-state index contributed by atoms with van der Waals surface area (Å²) in [4.78, 5) is 0. The van der Waals surface area contributed by atoms with E-state index in [0.717, 1.165) is 11.2 Å². The third kappa shape index (κ3) is 1.12. The summed E-state index contributed by atoms with van der Waals surface area (Å²) in [5, 5.41) is 0.741. The molecule has 1 aliphatic rings. The van der Waals surface area contributed by atoms with Crippen LogP contribution in [0.1, 0.15) is 26.2 Å². The Morgan fingerprint density at radius 2 is 2.14 bits per heavy atom. The van der Waals surface area contributed by atoms with Gasteiger partial charge in [0.1, 0.15) is 0 Å². The highest BCUT2D eigenvalue weighted by Crippen LogP contribution is 2.33. The van der Waals surface area contributed by atoms with Crippen molar-refractivity contribution < 1.29 is 0 Å². The summed E-state index contributed by atoms with van der Waals surface area (Å²) >= 11 is 4.30. The number of thiol groups is 1. The van der Waals surface area contributed by atoms with E-state index in [4.69, 9.17) is 0 Å². The summed E-state index contributed by atoms with van der Waals surface area (Å²) in [6.07, 6.45) is 4.08. The van der Waals surface area contributed by atoms with Gasteiger partial charge in [0.2, 0.25) is 0 Å². The highest BCUT2D eigenvalue weighted by atomic mass is 32.1. The van der Waals surface area contributed by atoms with Crippen molar-refractivity contribution in [3.8, 4) is 0 Å². The van der Waals surface area contributed by atoms with Crippen LogP contribution >= 0.6 is 12.6 Å². The number of hydrogen-bond acceptors (Lipinski definition) is 1. The highest BCUT2D eigenvalue weighted by molar-refractivity contribution is 7.81. The van der Waals surface area contributed by atoms with Gasteiger partial charge in [0, 0.05) is 5.25 Å². The first-order valence-corrected chi connectivity index (χ1v) is 3.52. The van der Waals surface area contributed by atoms with Gasteiger partial charge in [-0.05, 0) is 18.8 Å². The van der Waals surface area contributed by atoms with Crippen molar-refractivity contribution in [3.05, 3.63) is 0 Å². The molecule has 0 spiro atoms. The molecular formula is C6H12S. The molecule has 0 unspecified atom stereocenters. The van der Waals surface area contributed by atoms with Crippen molar-refractivity contribution in [2.75, 3.05) is 0 Å². The van der Waals surface area contributed by atoms with E-state index in [1.807, 2.05) is 0 Å². The molecule has 1 heteroatoms. The van der Waals surface area contributed by atoms with Crippen LogP contribution in [0.4, 0.5) is 0 Å². The summed E-state index contributed by atoms with van der Waals surface area (Å²) < 4.78 is 0. The maximum Gasteiger partial charge on any atom is 0.00220 e. The average Bonchev–Trinajstić information content (AvgIpc) is 1.58. The maximum atomic E-state index is 4.30. The third-order valence-electron chi connectivity index (χ3n) is 1.79. The first kappa shape index (κ1) is 5.49. The molecule has 7 heavy (non-hydrogen) atoms. The molecule has 42 valence electrons. The summed E-state index contributed by atoms with van der Waals surface area (Å²) in [6, 6.07) is 0. The second-order valence-electron chi connectivity index (χ2n) is 2.40. The monoisotopic (exact) mass is 116 g/mol. The van der Waals surface area contributed by atoms with Gasteiger partial charge in [-0.3, -0.25) is 0 Å². The van der Waals surface area contributed by atoms with Gasteiger partial charge in [0.05, 0.1) is 0 Å². The predicted octanol–water partition coefficient (Wildman–Crippen LogP) is 2.10. The van der Waals surface area contributed by atoms with Gasteiger partial charge in [0.25, 0.3) is 0 Å². The maximum absolute atomic E-state index is 4.30. The lowest BCUT2D eigenvalue weighted by atomic mass is 9.83. The van der Waals surface area contributed by atoms with Gasteiger partial charge in [-0.2, -0.15) is 12.6 Å². The fourth-order valence-corrected chi connectivity index (χ4v) is 1.63. The van der Waals surface area contributed by atoms with Crippen LogP contribution in [-0.2, 0) is 0 Å². The predicted molar refractivity (Wildman–Crippen MR) is 35.8 cm³/mol. The summed E-state index contributed by atoms with van der Waals surface area (Å²) in [5.41, 5.74) is 0. The van der Waals surface area contributed by atoms with Crippen molar-refractivity contribution in [3.63, 3.8) is 0 Å².